The number of nitrogens with zero attached hydrogens (tertiary/aromatic N) is 4. The van der Waals surface area contributed by atoms with Gasteiger partial charge in [0.1, 0.15) is 6.07 Å². The summed E-state index contributed by atoms with van der Waals surface area (Å²) in [5, 5.41) is 19.1. The minimum absolute atomic E-state index is 0.498. The molecular formula is C16H12N4S. The van der Waals surface area contributed by atoms with Gasteiger partial charge < -0.3 is 0 Å². The lowest BCUT2D eigenvalue weighted by molar-refractivity contribution is 1.04. The van der Waals surface area contributed by atoms with Crippen molar-refractivity contribution in [3.8, 4) is 12.1 Å². The first-order chi connectivity index (χ1) is 10.3. The lowest BCUT2D eigenvalue weighted by atomic mass is 10.2. The number of pyridine rings is 1. The van der Waals surface area contributed by atoms with Crippen molar-refractivity contribution in [2.24, 2.45) is 0 Å². The Balaban J connectivity index is 2.32. The van der Waals surface area contributed by atoms with E-state index in [1.165, 1.54) is 0 Å². The van der Waals surface area contributed by atoms with Crippen LogP contribution in [0, 0.1) is 29.6 Å². The van der Waals surface area contributed by atoms with Crippen LogP contribution >= 0.6 is 11.8 Å². The Bertz CT molecular complexity index is 912. The summed E-state index contributed by atoms with van der Waals surface area (Å²) >= 11 is 1.62. The smallest absolute Gasteiger partial charge is 0.157 e. The monoisotopic (exact) mass is 292 g/mol. The molecule has 102 valence electrons. The maximum absolute atomic E-state index is 9.39. The molecule has 0 spiro atoms. The number of benzene rings is 1. The van der Waals surface area contributed by atoms with Crippen LogP contribution in [0.3, 0.4) is 0 Å². The van der Waals surface area contributed by atoms with Crippen molar-refractivity contribution in [1.29, 1.82) is 10.5 Å². The summed E-state index contributed by atoms with van der Waals surface area (Å²) in [6.07, 6.45) is 0.498. The van der Waals surface area contributed by atoms with E-state index in [1.54, 1.807) is 11.8 Å². The number of thioether (sulfide) groups is 1. The SMILES string of the molecule is Cc1cc(SCCC#N)n2c(nc3ccccc32)c1C#N. The van der Waals surface area contributed by atoms with Gasteiger partial charge in [-0.25, -0.2) is 4.98 Å². The zero-order chi connectivity index (χ0) is 14.8. The number of nitriles is 2. The molecular weight excluding hydrogens is 280 g/mol. The molecule has 1 aromatic carbocycles. The topological polar surface area (TPSA) is 64.9 Å². The third-order valence-electron chi connectivity index (χ3n) is 3.31. The van der Waals surface area contributed by atoms with Gasteiger partial charge >= 0.3 is 0 Å². The van der Waals surface area contributed by atoms with Gasteiger partial charge in [-0.3, -0.25) is 4.40 Å². The molecule has 0 amide bonds. The van der Waals surface area contributed by atoms with Crippen LogP contribution in [0.1, 0.15) is 17.5 Å². The van der Waals surface area contributed by atoms with Crippen molar-refractivity contribution in [2.75, 3.05) is 5.75 Å². The Labute approximate surface area is 126 Å². The van der Waals surface area contributed by atoms with Gasteiger partial charge in [0, 0.05) is 12.2 Å². The van der Waals surface area contributed by atoms with E-state index < -0.39 is 0 Å². The molecule has 3 rings (SSSR count). The highest BCUT2D eigenvalue weighted by Gasteiger charge is 2.14. The fourth-order valence-electron chi connectivity index (χ4n) is 2.36. The van der Waals surface area contributed by atoms with Gasteiger partial charge in [-0.2, -0.15) is 10.5 Å². The molecule has 21 heavy (non-hydrogen) atoms. The fraction of sp³-hybridized carbons (Fsp3) is 0.188. The third-order valence-corrected chi connectivity index (χ3v) is 4.32. The second kappa shape index (κ2) is 5.47. The van der Waals surface area contributed by atoms with Crippen LogP contribution < -0.4 is 0 Å². The number of fused-ring (bicyclic) bond motifs is 3. The van der Waals surface area contributed by atoms with E-state index in [0.29, 0.717) is 17.6 Å². The van der Waals surface area contributed by atoms with Crippen molar-refractivity contribution < 1.29 is 0 Å². The first-order valence-corrected chi connectivity index (χ1v) is 7.55. The van der Waals surface area contributed by atoms with Crippen molar-refractivity contribution in [3.05, 3.63) is 41.5 Å². The molecule has 4 nitrogen and oxygen atoms in total. The zero-order valence-corrected chi connectivity index (χ0v) is 12.3. The lowest BCUT2D eigenvalue weighted by Crippen LogP contribution is -1.97. The Morgan fingerprint density at radius 2 is 2.10 bits per heavy atom. The molecule has 0 aliphatic rings. The van der Waals surface area contributed by atoms with Gasteiger partial charge in [0.25, 0.3) is 0 Å². The average Bonchev–Trinajstić information content (AvgIpc) is 2.86. The summed E-state index contributed by atoms with van der Waals surface area (Å²) in [6, 6.07) is 14.3. The van der Waals surface area contributed by atoms with Crippen molar-refractivity contribution in [3.63, 3.8) is 0 Å². The van der Waals surface area contributed by atoms with Gasteiger partial charge in [0.05, 0.1) is 27.7 Å². The molecule has 2 heterocycles. The lowest BCUT2D eigenvalue weighted by Gasteiger charge is -2.08. The molecule has 0 saturated heterocycles. The van der Waals surface area contributed by atoms with E-state index in [1.807, 2.05) is 41.7 Å². The van der Waals surface area contributed by atoms with Crippen LogP contribution in [-0.2, 0) is 0 Å². The summed E-state index contributed by atoms with van der Waals surface area (Å²) in [5.74, 6) is 0.726. The molecule has 0 saturated carbocycles. The highest BCUT2D eigenvalue weighted by molar-refractivity contribution is 7.99. The second-order valence-corrected chi connectivity index (χ2v) is 5.78. The number of rotatable bonds is 3. The summed E-state index contributed by atoms with van der Waals surface area (Å²) in [6.45, 7) is 1.92. The molecule has 0 radical (unpaired) electrons. The first-order valence-electron chi connectivity index (χ1n) is 6.57. The number of aryl methyl sites for hydroxylation is 1. The van der Waals surface area contributed by atoms with Gasteiger partial charge in [0.2, 0.25) is 0 Å². The van der Waals surface area contributed by atoms with Crippen LogP contribution in [0.4, 0.5) is 0 Å². The molecule has 0 bridgehead atoms. The summed E-state index contributed by atoms with van der Waals surface area (Å²) in [7, 11) is 0. The van der Waals surface area contributed by atoms with E-state index in [9.17, 15) is 5.26 Å². The third kappa shape index (κ3) is 2.22. The number of para-hydroxylation sites is 2. The Kier molecular flexibility index (Phi) is 3.51. The Morgan fingerprint density at radius 1 is 1.29 bits per heavy atom. The van der Waals surface area contributed by atoms with Crippen LogP contribution in [-0.4, -0.2) is 15.1 Å². The van der Waals surface area contributed by atoms with Crippen molar-refractivity contribution >= 4 is 28.4 Å². The maximum atomic E-state index is 9.39. The quantitative estimate of drug-likeness (QED) is 0.545. The maximum Gasteiger partial charge on any atom is 0.157 e. The van der Waals surface area contributed by atoms with Crippen LogP contribution in [0.15, 0.2) is 35.4 Å². The predicted octanol–water partition coefficient (Wildman–Crippen LogP) is 3.67. The van der Waals surface area contributed by atoms with Crippen LogP contribution in [0.25, 0.3) is 16.7 Å². The molecule has 2 aromatic heterocycles. The minimum atomic E-state index is 0.498. The summed E-state index contributed by atoms with van der Waals surface area (Å²) in [5.41, 5.74) is 4.08. The normalized spacial score (nSPS) is 10.6. The average molecular weight is 292 g/mol. The van der Waals surface area contributed by atoms with Crippen LogP contribution in [0.5, 0.6) is 0 Å². The summed E-state index contributed by atoms with van der Waals surface area (Å²) in [4.78, 5) is 4.60. The molecule has 0 atom stereocenters. The van der Waals surface area contributed by atoms with Gasteiger partial charge in [-0.05, 0) is 30.7 Å². The Hall–Kier alpha value is -2.50. The molecule has 0 N–H and O–H groups in total. The molecule has 0 unspecified atom stereocenters. The molecule has 0 aliphatic heterocycles. The van der Waals surface area contributed by atoms with Crippen molar-refractivity contribution in [2.45, 2.75) is 18.4 Å². The zero-order valence-electron chi connectivity index (χ0n) is 11.5. The van der Waals surface area contributed by atoms with Crippen molar-refractivity contribution in [1.82, 2.24) is 9.38 Å². The predicted molar refractivity (Wildman–Crippen MR) is 83.1 cm³/mol. The first kappa shape index (κ1) is 13.5. The largest absolute Gasteiger partial charge is 0.286 e. The van der Waals surface area contributed by atoms with Gasteiger partial charge in [0.15, 0.2) is 5.65 Å². The van der Waals surface area contributed by atoms with E-state index in [2.05, 4.69) is 17.1 Å². The standard InChI is InChI=1S/C16H12N4S/c1-11-9-15(21-8-4-7-17)20-14-6-3-2-5-13(14)19-16(20)12(11)10-18/h2-3,5-6,9H,4,8H2,1H3. The minimum Gasteiger partial charge on any atom is -0.286 e. The number of hydrogen-bond donors (Lipinski definition) is 0. The molecule has 0 fully saturated rings. The van der Waals surface area contributed by atoms with E-state index in [0.717, 1.165) is 27.4 Å². The Morgan fingerprint density at radius 3 is 2.86 bits per heavy atom. The number of hydrogen-bond acceptors (Lipinski definition) is 4. The molecule has 0 aliphatic carbocycles. The summed E-state index contributed by atoms with van der Waals surface area (Å²) < 4.78 is 2.02. The van der Waals surface area contributed by atoms with E-state index >= 15 is 0 Å². The van der Waals surface area contributed by atoms with Gasteiger partial charge in [-0.15, -0.1) is 11.8 Å². The van der Waals surface area contributed by atoms with Gasteiger partial charge in [-0.1, -0.05) is 12.1 Å². The molecule has 3 aromatic rings. The van der Waals surface area contributed by atoms with E-state index in [-0.39, 0.29) is 0 Å². The number of aromatic nitrogens is 2. The van der Waals surface area contributed by atoms with Crippen LogP contribution in [0.2, 0.25) is 0 Å². The highest BCUT2D eigenvalue weighted by atomic mass is 32.2. The highest BCUT2D eigenvalue weighted by Crippen LogP contribution is 2.29. The molecule has 5 heteroatoms. The van der Waals surface area contributed by atoms with E-state index in [4.69, 9.17) is 5.26 Å². The number of imidazole rings is 1. The fourth-order valence-corrected chi connectivity index (χ4v) is 3.34. The second-order valence-electron chi connectivity index (χ2n) is 4.67.